The Balaban J connectivity index is 2.05. The summed E-state index contributed by atoms with van der Waals surface area (Å²) in [6, 6.07) is -0.737. The summed E-state index contributed by atoms with van der Waals surface area (Å²) in [5, 5.41) is 9.44. The van der Waals surface area contributed by atoms with Crippen molar-refractivity contribution in [3.63, 3.8) is 0 Å². The zero-order valence-electron chi connectivity index (χ0n) is 13.0. The molecule has 1 heterocycles. The van der Waals surface area contributed by atoms with Crippen LogP contribution >= 0.6 is 0 Å². The number of amides is 2. The van der Waals surface area contributed by atoms with Crippen molar-refractivity contribution in [3.05, 3.63) is 0 Å². The summed E-state index contributed by atoms with van der Waals surface area (Å²) in [6.07, 6.45) is 4.81. The lowest BCUT2D eigenvalue weighted by Gasteiger charge is -2.35. The Hall–Kier alpha value is -1.30. The minimum atomic E-state index is -0.879. The van der Waals surface area contributed by atoms with Crippen molar-refractivity contribution in [2.75, 3.05) is 26.8 Å². The van der Waals surface area contributed by atoms with Gasteiger partial charge in [-0.1, -0.05) is 12.8 Å². The summed E-state index contributed by atoms with van der Waals surface area (Å²) in [7, 11) is 1.72. The summed E-state index contributed by atoms with van der Waals surface area (Å²) < 4.78 is 5.27. The van der Waals surface area contributed by atoms with E-state index < -0.39 is 12.0 Å². The van der Waals surface area contributed by atoms with E-state index >= 15 is 0 Å². The van der Waals surface area contributed by atoms with Gasteiger partial charge in [0.2, 0.25) is 0 Å². The number of carbonyl (C=O) groups is 2. The van der Waals surface area contributed by atoms with E-state index in [9.17, 15) is 14.7 Å². The van der Waals surface area contributed by atoms with Crippen molar-refractivity contribution in [2.24, 2.45) is 5.92 Å². The maximum absolute atomic E-state index is 12.6. The van der Waals surface area contributed by atoms with Crippen LogP contribution in [0.5, 0.6) is 0 Å². The number of fused-ring (bicyclic) bond motifs is 1. The third-order valence-corrected chi connectivity index (χ3v) is 4.70. The summed E-state index contributed by atoms with van der Waals surface area (Å²) in [5.74, 6) is -0.528. The Morgan fingerprint density at radius 2 is 2.05 bits per heavy atom. The van der Waals surface area contributed by atoms with Gasteiger partial charge >= 0.3 is 12.0 Å². The van der Waals surface area contributed by atoms with Crippen LogP contribution < -0.4 is 0 Å². The molecule has 1 aliphatic carbocycles. The minimum absolute atomic E-state index is 0.0990. The van der Waals surface area contributed by atoms with Crippen LogP contribution in [-0.2, 0) is 9.53 Å². The molecular formula is C15H26N2O4. The third kappa shape index (κ3) is 3.48. The second kappa shape index (κ2) is 7.11. The average Bonchev–Trinajstić information content (AvgIpc) is 2.86. The van der Waals surface area contributed by atoms with Gasteiger partial charge in [-0.3, -0.25) is 0 Å². The van der Waals surface area contributed by atoms with Gasteiger partial charge in [0.15, 0.2) is 0 Å². The standard InChI is InChI=1S/C15H26N2O4/c1-3-21-9-8-16(2)15(20)17-12-7-5-4-6-11(12)10-13(17)14(18)19/h11-13H,3-10H2,1-2H3,(H,18,19). The number of nitrogens with zero attached hydrogens (tertiary/aromatic N) is 2. The fourth-order valence-electron chi connectivity index (χ4n) is 3.59. The molecule has 2 amide bonds. The van der Waals surface area contributed by atoms with Crippen LogP contribution in [0.2, 0.25) is 0 Å². The van der Waals surface area contributed by atoms with Crippen molar-refractivity contribution in [2.45, 2.75) is 51.1 Å². The number of likely N-dealkylation sites (N-methyl/N-ethyl adjacent to an activating group) is 1. The van der Waals surface area contributed by atoms with Gasteiger partial charge in [0.1, 0.15) is 6.04 Å². The van der Waals surface area contributed by atoms with E-state index in [2.05, 4.69) is 0 Å². The molecule has 1 aliphatic heterocycles. The summed E-state index contributed by atoms with van der Waals surface area (Å²) >= 11 is 0. The van der Waals surface area contributed by atoms with Crippen LogP contribution in [0.15, 0.2) is 0 Å². The third-order valence-electron chi connectivity index (χ3n) is 4.70. The molecule has 2 fully saturated rings. The lowest BCUT2D eigenvalue weighted by molar-refractivity contribution is -0.141. The zero-order chi connectivity index (χ0) is 15.4. The Morgan fingerprint density at radius 1 is 1.33 bits per heavy atom. The number of carboxylic acids is 1. The second-order valence-corrected chi connectivity index (χ2v) is 6.01. The van der Waals surface area contributed by atoms with Crippen molar-refractivity contribution >= 4 is 12.0 Å². The number of carbonyl (C=O) groups excluding carboxylic acids is 1. The van der Waals surface area contributed by atoms with E-state index in [1.807, 2.05) is 6.92 Å². The molecule has 0 aromatic carbocycles. The van der Waals surface area contributed by atoms with Gasteiger partial charge in [0.05, 0.1) is 6.61 Å². The quantitative estimate of drug-likeness (QED) is 0.786. The number of aliphatic carboxylic acids is 1. The number of rotatable bonds is 5. The molecule has 2 rings (SSSR count). The number of hydrogen-bond donors (Lipinski definition) is 1. The first-order valence-corrected chi connectivity index (χ1v) is 7.90. The van der Waals surface area contributed by atoms with Gasteiger partial charge in [0, 0.05) is 26.2 Å². The van der Waals surface area contributed by atoms with Crippen LogP contribution in [0.1, 0.15) is 39.0 Å². The highest BCUT2D eigenvalue weighted by Crippen LogP contribution is 2.40. The monoisotopic (exact) mass is 298 g/mol. The zero-order valence-corrected chi connectivity index (χ0v) is 13.0. The smallest absolute Gasteiger partial charge is 0.326 e. The van der Waals surface area contributed by atoms with Gasteiger partial charge in [0.25, 0.3) is 0 Å². The van der Waals surface area contributed by atoms with Gasteiger partial charge in [-0.05, 0) is 32.1 Å². The van der Waals surface area contributed by atoms with Gasteiger partial charge in [-0.2, -0.15) is 0 Å². The van der Waals surface area contributed by atoms with Gasteiger partial charge in [-0.15, -0.1) is 0 Å². The normalized spacial score (nSPS) is 28.3. The van der Waals surface area contributed by atoms with Crippen molar-refractivity contribution in [1.29, 1.82) is 0 Å². The first-order valence-electron chi connectivity index (χ1n) is 7.90. The lowest BCUT2D eigenvalue weighted by Crippen LogP contribution is -2.51. The van der Waals surface area contributed by atoms with Crippen LogP contribution in [0.4, 0.5) is 4.79 Å². The molecule has 21 heavy (non-hydrogen) atoms. The Bertz CT molecular complexity index is 388. The number of ether oxygens (including phenoxy) is 1. The summed E-state index contributed by atoms with van der Waals surface area (Å²) in [4.78, 5) is 27.4. The highest BCUT2D eigenvalue weighted by atomic mass is 16.5. The predicted octanol–water partition coefficient (Wildman–Crippen LogP) is 1.79. The first kappa shape index (κ1) is 16.1. The average molecular weight is 298 g/mol. The van der Waals surface area contributed by atoms with Crippen molar-refractivity contribution < 1.29 is 19.4 Å². The van der Waals surface area contributed by atoms with Crippen molar-refractivity contribution in [1.82, 2.24) is 9.80 Å². The van der Waals surface area contributed by atoms with E-state index in [0.717, 1.165) is 25.7 Å². The fourth-order valence-corrected chi connectivity index (χ4v) is 3.59. The van der Waals surface area contributed by atoms with Gasteiger partial charge in [-0.25, -0.2) is 9.59 Å². The molecule has 6 heteroatoms. The Morgan fingerprint density at radius 3 is 2.71 bits per heavy atom. The van der Waals surface area contributed by atoms with Crippen molar-refractivity contribution in [3.8, 4) is 0 Å². The molecule has 0 bridgehead atoms. The molecule has 6 nitrogen and oxygen atoms in total. The molecule has 1 saturated carbocycles. The molecule has 0 radical (unpaired) electrons. The van der Waals surface area contributed by atoms with E-state index in [4.69, 9.17) is 4.74 Å². The molecule has 1 saturated heterocycles. The molecule has 1 N–H and O–H groups in total. The van der Waals surface area contributed by atoms with Crippen LogP contribution in [-0.4, -0.2) is 65.8 Å². The molecule has 120 valence electrons. The molecule has 0 aromatic rings. The van der Waals surface area contributed by atoms with Crippen LogP contribution in [0.25, 0.3) is 0 Å². The Kier molecular flexibility index (Phi) is 5.45. The predicted molar refractivity (Wildman–Crippen MR) is 78.1 cm³/mol. The summed E-state index contributed by atoms with van der Waals surface area (Å²) in [6.45, 7) is 3.51. The van der Waals surface area contributed by atoms with E-state index in [1.54, 1.807) is 16.8 Å². The largest absolute Gasteiger partial charge is 0.480 e. The number of hydrogen-bond acceptors (Lipinski definition) is 3. The molecule has 0 spiro atoms. The topological polar surface area (TPSA) is 70.1 Å². The van der Waals surface area contributed by atoms with E-state index in [1.165, 1.54) is 0 Å². The molecule has 3 atom stereocenters. The van der Waals surface area contributed by atoms with E-state index in [0.29, 0.717) is 32.1 Å². The number of urea groups is 1. The van der Waals surface area contributed by atoms with Crippen LogP contribution in [0.3, 0.4) is 0 Å². The SMILES string of the molecule is CCOCCN(C)C(=O)N1C(C(=O)O)CC2CCCCC21. The van der Waals surface area contributed by atoms with Crippen LogP contribution in [0, 0.1) is 5.92 Å². The fraction of sp³-hybridized carbons (Fsp3) is 0.867. The highest BCUT2D eigenvalue weighted by molar-refractivity contribution is 5.83. The summed E-state index contributed by atoms with van der Waals surface area (Å²) in [5.41, 5.74) is 0. The Labute approximate surface area is 126 Å². The van der Waals surface area contributed by atoms with E-state index in [-0.39, 0.29) is 12.1 Å². The molecular weight excluding hydrogens is 272 g/mol. The lowest BCUT2D eigenvalue weighted by atomic mass is 9.85. The second-order valence-electron chi connectivity index (χ2n) is 6.01. The number of carboxylic acid groups (broad SMARTS) is 1. The maximum Gasteiger partial charge on any atom is 0.326 e. The first-order chi connectivity index (χ1) is 10.1. The molecule has 0 aromatic heterocycles. The molecule has 2 aliphatic rings. The maximum atomic E-state index is 12.6. The highest BCUT2D eigenvalue weighted by Gasteiger charge is 2.48. The number of likely N-dealkylation sites (tertiary alicyclic amines) is 1. The van der Waals surface area contributed by atoms with Gasteiger partial charge < -0.3 is 19.6 Å². The minimum Gasteiger partial charge on any atom is -0.480 e. The molecule has 3 unspecified atom stereocenters.